The molecule has 2 aromatic carbocycles. The number of benzene rings is 2. The van der Waals surface area contributed by atoms with Gasteiger partial charge in [0.15, 0.2) is 0 Å². The molecule has 15 heavy (non-hydrogen) atoms. The van der Waals surface area contributed by atoms with Gasteiger partial charge >= 0.3 is 10.4 Å². The van der Waals surface area contributed by atoms with E-state index in [0.29, 0.717) is 0 Å². The first-order valence-corrected chi connectivity index (χ1v) is 5.50. The van der Waals surface area contributed by atoms with Crippen molar-refractivity contribution in [1.82, 2.24) is 0 Å². The topological polar surface area (TPSA) is 74.6 Å². The highest BCUT2D eigenvalue weighted by molar-refractivity contribution is 7.79. The van der Waals surface area contributed by atoms with Gasteiger partial charge in [-0.1, -0.05) is 48.5 Å². The maximum absolute atomic E-state index is 8.74. The van der Waals surface area contributed by atoms with E-state index in [9.17, 15) is 0 Å². The van der Waals surface area contributed by atoms with Crippen LogP contribution in [0.15, 0.2) is 48.5 Å². The average Bonchev–Trinajstić information content (AvgIpc) is 2.16. The number of hydrogen-bond donors (Lipinski definition) is 2. The fraction of sp³-hybridized carbons (Fsp3) is 0. The van der Waals surface area contributed by atoms with E-state index in [-0.39, 0.29) is 0 Å². The van der Waals surface area contributed by atoms with E-state index in [1.54, 1.807) is 0 Å². The van der Waals surface area contributed by atoms with Crippen LogP contribution in [0.5, 0.6) is 0 Å². The minimum absolute atomic E-state index is 1.31. The van der Waals surface area contributed by atoms with Gasteiger partial charge in [0.25, 0.3) is 0 Å². The van der Waals surface area contributed by atoms with Crippen molar-refractivity contribution in [1.29, 1.82) is 0 Å². The standard InChI is InChI=1S/C10H8.H2O4S/c1-2-6-10-8-4-3-7-9(10)5-1;1-5(2,3)4/h1-8H;(H2,1,2,3,4). The summed E-state index contributed by atoms with van der Waals surface area (Å²) >= 11 is 0. The van der Waals surface area contributed by atoms with Crippen LogP contribution in [0.25, 0.3) is 10.8 Å². The zero-order valence-electron chi connectivity index (χ0n) is 7.74. The van der Waals surface area contributed by atoms with Crippen molar-refractivity contribution in [2.45, 2.75) is 0 Å². The molecule has 0 atom stereocenters. The molecule has 0 radical (unpaired) electrons. The molecule has 4 nitrogen and oxygen atoms in total. The first-order valence-electron chi connectivity index (χ1n) is 4.10. The van der Waals surface area contributed by atoms with Crippen LogP contribution in [-0.2, 0) is 10.4 Å². The third-order valence-electron chi connectivity index (χ3n) is 1.66. The molecule has 0 aliphatic heterocycles. The van der Waals surface area contributed by atoms with Gasteiger partial charge in [0, 0.05) is 0 Å². The molecule has 2 N–H and O–H groups in total. The van der Waals surface area contributed by atoms with Crippen LogP contribution in [0.2, 0.25) is 0 Å². The molecule has 0 unspecified atom stereocenters. The van der Waals surface area contributed by atoms with Gasteiger partial charge in [0.1, 0.15) is 0 Å². The lowest BCUT2D eigenvalue weighted by Gasteiger charge is -1.92. The second-order valence-electron chi connectivity index (χ2n) is 2.79. The molecule has 0 heterocycles. The molecule has 80 valence electrons. The van der Waals surface area contributed by atoms with Crippen molar-refractivity contribution < 1.29 is 17.5 Å². The summed E-state index contributed by atoms with van der Waals surface area (Å²) in [6, 6.07) is 16.7. The smallest absolute Gasteiger partial charge is 0.264 e. The van der Waals surface area contributed by atoms with E-state index in [4.69, 9.17) is 17.5 Å². The Morgan fingerprint density at radius 3 is 1.13 bits per heavy atom. The highest BCUT2D eigenvalue weighted by atomic mass is 32.3. The summed E-state index contributed by atoms with van der Waals surface area (Å²) in [5.41, 5.74) is 0. The highest BCUT2D eigenvalue weighted by Gasteiger charge is 1.85. The van der Waals surface area contributed by atoms with E-state index < -0.39 is 10.4 Å². The minimum Gasteiger partial charge on any atom is -0.264 e. The van der Waals surface area contributed by atoms with E-state index in [1.165, 1.54) is 10.8 Å². The Morgan fingerprint density at radius 1 is 0.733 bits per heavy atom. The minimum atomic E-state index is -4.67. The van der Waals surface area contributed by atoms with Gasteiger partial charge < -0.3 is 0 Å². The molecule has 2 aromatic rings. The van der Waals surface area contributed by atoms with Gasteiger partial charge in [-0.15, -0.1) is 0 Å². The van der Waals surface area contributed by atoms with Gasteiger partial charge in [-0.05, 0) is 10.8 Å². The van der Waals surface area contributed by atoms with Crippen LogP contribution in [0.4, 0.5) is 0 Å². The maximum Gasteiger partial charge on any atom is 0.394 e. The lowest BCUT2D eigenvalue weighted by Crippen LogP contribution is -1.89. The quantitative estimate of drug-likeness (QED) is 0.675. The normalized spacial score (nSPS) is 10.5. The van der Waals surface area contributed by atoms with Crippen molar-refractivity contribution in [2.75, 3.05) is 0 Å². The number of hydrogen-bond acceptors (Lipinski definition) is 2. The van der Waals surface area contributed by atoms with Crippen LogP contribution >= 0.6 is 0 Å². The zero-order valence-corrected chi connectivity index (χ0v) is 8.55. The molecule has 0 aromatic heterocycles. The fourth-order valence-electron chi connectivity index (χ4n) is 1.13. The van der Waals surface area contributed by atoms with Crippen molar-refractivity contribution >= 4 is 21.2 Å². The van der Waals surface area contributed by atoms with E-state index in [1.807, 2.05) is 0 Å². The average molecular weight is 226 g/mol. The molecule has 0 spiro atoms. The summed E-state index contributed by atoms with van der Waals surface area (Å²) in [6.07, 6.45) is 0. The van der Waals surface area contributed by atoms with E-state index in [0.717, 1.165) is 0 Å². The summed E-state index contributed by atoms with van der Waals surface area (Å²) in [6.45, 7) is 0. The third kappa shape index (κ3) is 5.11. The first-order chi connectivity index (χ1) is 6.97. The monoisotopic (exact) mass is 226 g/mol. The van der Waals surface area contributed by atoms with Gasteiger partial charge in [-0.25, -0.2) is 0 Å². The number of fused-ring (bicyclic) bond motifs is 1. The Morgan fingerprint density at radius 2 is 0.933 bits per heavy atom. The molecule has 0 aliphatic rings. The maximum atomic E-state index is 8.74. The Bertz CT molecular complexity index is 460. The lowest BCUT2D eigenvalue weighted by atomic mass is 10.1. The zero-order chi connectivity index (χ0) is 11.3. The molecule has 0 amide bonds. The van der Waals surface area contributed by atoms with E-state index >= 15 is 0 Å². The van der Waals surface area contributed by atoms with Gasteiger partial charge in [-0.2, -0.15) is 8.42 Å². The molecule has 0 fully saturated rings. The summed E-state index contributed by atoms with van der Waals surface area (Å²) in [7, 11) is -4.67. The molecular weight excluding hydrogens is 216 g/mol. The third-order valence-corrected chi connectivity index (χ3v) is 1.66. The van der Waals surface area contributed by atoms with Crippen molar-refractivity contribution in [2.24, 2.45) is 0 Å². The molecule has 0 saturated carbocycles. The van der Waals surface area contributed by atoms with Crippen LogP contribution in [0.1, 0.15) is 0 Å². The summed E-state index contributed by atoms with van der Waals surface area (Å²) in [5.74, 6) is 0. The molecule has 5 heteroatoms. The largest absolute Gasteiger partial charge is 0.394 e. The molecule has 2 rings (SSSR count). The van der Waals surface area contributed by atoms with Crippen LogP contribution in [-0.4, -0.2) is 17.5 Å². The molecular formula is C10H10O4S. The highest BCUT2D eigenvalue weighted by Crippen LogP contribution is 2.11. The summed E-state index contributed by atoms with van der Waals surface area (Å²) in [5, 5.41) is 2.62. The second-order valence-corrected chi connectivity index (χ2v) is 3.69. The Kier molecular flexibility index (Phi) is 3.79. The van der Waals surface area contributed by atoms with Crippen LogP contribution < -0.4 is 0 Å². The van der Waals surface area contributed by atoms with Crippen molar-refractivity contribution in [3.8, 4) is 0 Å². The predicted octanol–water partition coefficient (Wildman–Crippen LogP) is 2.19. The lowest BCUT2D eigenvalue weighted by molar-refractivity contribution is 0.381. The first kappa shape index (κ1) is 11.6. The molecule has 0 aliphatic carbocycles. The van der Waals surface area contributed by atoms with Gasteiger partial charge in [0.05, 0.1) is 0 Å². The predicted molar refractivity (Wildman–Crippen MR) is 58.1 cm³/mol. The van der Waals surface area contributed by atoms with Gasteiger partial charge in [0.2, 0.25) is 0 Å². The Hall–Kier alpha value is -1.43. The Labute approximate surface area is 87.8 Å². The molecule has 0 bridgehead atoms. The Balaban J connectivity index is 0.000000195. The van der Waals surface area contributed by atoms with E-state index in [2.05, 4.69) is 48.5 Å². The van der Waals surface area contributed by atoms with Crippen molar-refractivity contribution in [3.63, 3.8) is 0 Å². The van der Waals surface area contributed by atoms with Gasteiger partial charge in [-0.3, -0.25) is 9.11 Å². The number of rotatable bonds is 0. The van der Waals surface area contributed by atoms with Crippen LogP contribution in [0.3, 0.4) is 0 Å². The summed E-state index contributed by atoms with van der Waals surface area (Å²) < 4.78 is 31.6. The van der Waals surface area contributed by atoms with Crippen LogP contribution in [0, 0.1) is 0 Å². The molecule has 0 saturated heterocycles. The second kappa shape index (κ2) is 4.88. The SMILES string of the molecule is O=S(=O)(O)O.c1ccc2ccccc2c1. The summed E-state index contributed by atoms with van der Waals surface area (Å²) in [4.78, 5) is 0. The van der Waals surface area contributed by atoms with Crippen molar-refractivity contribution in [3.05, 3.63) is 48.5 Å². The fourth-order valence-corrected chi connectivity index (χ4v) is 1.13.